The van der Waals surface area contributed by atoms with E-state index in [9.17, 15) is 9.59 Å². The van der Waals surface area contributed by atoms with Crippen molar-refractivity contribution in [1.29, 1.82) is 0 Å². The molecule has 1 amide bonds. The zero-order chi connectivity index (χ0) is 27.9. The summed E-state index contributed by atoms with van der Waals surface area (Å²) in [5.74, 6) is 6.62. The van der Waals surface area contributed by atoms with Gasteiger partial charge in [0, 0.05) is 36.8 Å². The van der Waals surface area contributed by atoms with Gasteiger partial charge < -0.3 is 25.0 Å². The van der Waals surface area contributed by atoms with Gasteiger partial charge in [-0.1, -0.05) is 5.92 Å². The van der Waals surface area contributed by atoms with Crippen molar-refractivity contribution in [2.75, 3.05) is 37.9 Å². The molecule has 0 radical (unpaired) electrons. The Balaban J connectivity index is 1.63. The lowest BCUT2D eigenvalue weighted by Gasteiger charge is -2.16. The highest BCUT2D eigenvalue weighted by Gasteiger charge is 2.14. The quantitative estimate of drug-likeness (QED) is 0.315. The molecule has 4 rings (SSSR count). The maximum Gasteiger partial charge on any atom is 0.300 e. The first kappa shape index (κ1) is 27.1. The molecular weight excluding hydrogens is 498 g/mol. The molecule has 0 fully saturated rings. The van der Waals surface area contributed by atoms with E-state index >= 15 is 0 Å². The average Bonchev–Trinajstić information content (AvgIpc) is 2.88. The number of hydrogen-bond acceptors (Lipinski definition) is 9. The smallest absolute Gasteiger partial charge is 0.300 e. The molecule has 2 heterocycles. The molecule has 2 aromatic carbocycles. The molecule has 0 saturated heterocycles. The van der Waals surface area contributed by atoms with Gasteiger partial charge in [0.05, 0.1) is 17.4 Å². The van der Waals surface area contributed by atoms with Crippen LogP contribution in [-0.2, 0) is 11.8 Å². The highest BCUT2D eigenvalue weighted by molar-refractivity contribution is 6.06. The zero-order valence-electron chi connectivity index (χ0n) is 22.4. The summed E-state index contributed by atoms with van der Waals surface area (Å²) < 4.78 is 13.0. The Labute approximate surface area is 225 Å². The number of ether oxygens (including phenoxy) is 2. The number of fused-ring (bicyclic) bond motifs is 1. The van der Waals surface area contributed by atoms with Crippen molar-refractivity contribution >= 4 is 34.0 Å². The molecule has 0 aliphatic heterocycles. The van der Waals surface area contributed by atoms with Crippen molar-refractivity contribution < 1.29 is 14.3 Å². The van der Waals surface area contributed by atoms with Crippen LogP contribution in [0, 0.1) is 18.8 Å². The Morgan fingerprint density at radius 3 is 2.67 bits per heavy atom. The number of rotatable bonds is 9. The number of nitrogens with zero attached hydrogens (tertiary/aromatic N) is 5. The number of likely N-dealkylation sites (N-methyl/N-ethyl adjacent to an activating group) is 1. The largest absolute Gasteiger partial charge is 0.490 e. The molecule has 39 heavy (non-hydrogen) atoms. The zero-order valence-corrected chi connectivity index (χ0v) is 22.4. The van der Waals surface area contributed by atoms with E-state index in [-0.39, 0.29) is 5.56 Å². The molecule has 0 atom stereocenters. The molecule has 2 N–H and O–H groups in total. The first-order valence-electron chi connectivity index (χ1n) is 12.1. The van der Waals surface area contributed by atoms with Crippen LogP contribution in [0.1, 0.15) is 12.5 Å². The van der Waals surface area contributed by atoms with Crippen molar-refractivity contribution in [2.24, 2.45) is 7.05 Å². The van der Waals surface area contributed by atoms with E-state index in [1.54, 1.807) is 32.2 Å². The van der Waals surface area contributed by atoms with Gasteiger partial charge in [0.25, 0.3) is 11.5 Å². The minimum Gasteiger partial charge on any atom is -0.490 e. The number of aryl methyl sites for hydroxylation is 2. The van der Waals surface area contributed by atoms with Crippen molar-refractivity contribution in [3.8, 4) is 29.1 Å². The molecule has 0 saturated carbocycles. The summed E-state index contributed by atoms with van der Waals surface area (Å²) in [4.78, 5) is 34.9. The van der Waals surface area contributed by atoms with Crippen LogP contribution in [0.5, 0.6) is 17.2 Å². The van der Waals surface area contributed by atoms with E-state index in [1.165, 1.54) is 23.3 Å². The van der Waals surface area contributed by atoms with Crippen LogP contribution in [0.15, 0.2) is 53.7 Å². The summed E-state index contributed by atoms with van der Waals surface area (Å²) in [6.07, 6.45) is 2.95. The first-order chi connectivity index (χ1) is 18.7. The predicted octanol–water partition coefficient (Wildman–Crippen LogP) is 3.47. The highest BCUT2D eigenvalue weighted by Crippen LogP contribution is 2.34. The lowest BCUT2D eigenvalue weighted by molar-refractivity contribution is -0.111. The second-order valence-corrected chi connectivity index (χ2v) is 8.93. The minimum absolute atomic E-state index is 0.261. The molecule has 11 heteroatoms. The fourth-order valence-electron chi connectivity index (χ4n) is 3.62. The third kappa shape index (κ3) is 6.88. The number of benzene rings is 2. The normalized spacial score (nSPS) is 10.6. The van der Waals surface area contributed by atoms with Crippen molar-refractivity contribution in [3.63, 3.8) is 0 Å². The van der Waals surface area contributed by atoms with Gasteiger partial charge in [0.2, 0.25) is 0 Å². The summed E-state index contributed by atoms with van der Waals surface area (Å²) in [7, 11) is 5.48. The maximum atomic E-state index is 12.3. The van der Waals surface area contributed by atoms with Gasteiger partial charge in [-0.25, -0.2) is 14.6 Å². The summed E-state index contributed by atoms with van der Waals surface area (Å²) >= 11 is 0. The second-order valence-electron chi connectivity index (χ2n) is 8.93. The van der Waals surface area contributed by atoms with Gasteiger partial charge in [0.15, 0.2) is 5.75 Å². The standard InChI is InChI=1S/C28H29N7O4/c1-6-7-26(36)33-23-14-21-22(15-25(23)38-11-10-34(3)4)29-17-30-28(21)32-19-8-9-24(18(2)12-19)39-20-13-27(37)35(5)31-16-20/h8-9,12-17H,10-11H2,1-5H3,(H,33,36)(H,29,30,32). The van der Waals surface area contributed by atoms with Gasteiger partial charge in [-0.05, 0) is 63.7 Å². The fourth-order valence-corrected chi connectivity index (χ4v) is 3.62. The number of hydrogen-bond donors (Lipinski definition) is 2. The van der Waals surface area contributed by atoms with Gasteiger partial charge in [-0.15, -0.1) is 0 Å². The summed E-state index contributed by atoms with van der Waals surface area (Å²) in [5, 5.41) is 10.8. The van der Waals surface area contributed by atoms with Gasteiger partial charge >= 0.3 is 0 Å². The fraction of sp³-hybridized carbons (Fsp3) is 0.250. The monoisotopic (exact) mass is 527 g/mol. The van der Waals surface area contributed by atoms with Crippen LogP contribution in [0.25, 0.3) is 10.9 Å². The Morgan fingerprint density at radius 1 is 1.13 bits per heavy atom. The third-order valence-electron chi connectivity index (χ3n) is 5.63. The van der Waals surface area contributed by atoms with Crippen LogP contribution < -0.4 is 25.7 Å². The Hall–Kier alpha value is -4.95. The van der Waals surface area contributed by atoms with E-state index in [1.807, 2.05) is 38.1 Å². The molecule has 0 unspecified atom stereocenters. The molecule has 4 aromatic rings. The highest BCUT2D eigenvalue weighted by atomic mass is 16.5. The Bertz CT molecular complexity index is 1640. The van der Waals surface area contributed by atoms with Crippen LogP contribution in [0.3, 0.4) is 0 Å². The van der Waals surface area contributed by atoms with E-state index in [0.717, 1.165) is 11.3 Å². The first-order valence-corrected chi connectivity index (χ1v) is 12.1. The van der Waals surface area contributed by atoms with Crippen molar-refractivity contribution in [2.45, 2.75) is 13.8 Å². The molecule has 0 bridgehead atoms. The average molecular weight is 528 g/mol. The number of aromatic nitrogens is 4. The van der Waals surface area contributed by atoms with Gasteiger partial charge in [-0.3, -0.25) is 9.59 Å². The van der Waals surface area contributed by atoms with E-state index in [0.29, 0.717) is 52.8 Å². The van der Waals surface area contributed by atoms with Crippen molar-refractivity contribution in [1.82, 2.24) is 24.6 Å². The second kappa shape index (κ2) is 12.1. The molecule has 0 spiro atoms. The van der Waals surface area contributed by atoms with Gasteiger partial charge in [-0.2, -0.15) is 5.10 Å². The Morgan fingerprint density at radius 2 is 1.95 bits per heavy atom. The lowest BCUT2D eigenvalue weighted by atomic mass is 10.1. The van der Waals surface area contributed by atoms with Gasteiger partial charge in [0.1, 0.15) is 30.3 Å². The predicted molar refractivity (Wildman–Crippen MR) is 150 cm³/mol. The SMILES string of the molecule is CC#CC(=O)Nc1cc2c(Nc3ccc(Oc4cnn(C)c(=O)c4)c(C)c3)ncnc2cc1OCCN(C)C. The van der Waals surface area contributed by atoms with Crippen LogP contribution in [0.4, 0.5) is 17.2 Å². The molecule has 0 aliphatic rings. The topological polar surface area (TPSA) is 124 Å². The summed E-state index contributed by atoms with van der Waals surface area (Å²) in [6.45, 7) is 4.62. The molecule has 2 aromatic heterocycles. The summed E-state index contributed by atoms with van der Waals surface area (Å²) in [5.41, 5.74) is 2.44. The number of carbonyl (C=O) groups is 1. The van der Waals surface area contributed by atoms with E-state index in [2.05, 4.69) is 37.5 Å². The Kier molecular flexibility index (Phi) is 8.38. The lowest BCUT2D eigenvalue weighted by Crippen LogP contribution is -2.20. The van der Waals surface area contributed by atoms with E-state index in [4.69, 9.17) is 9.47 Å². The molecular formula is C28H29N7O4. The molecule has 11 nitrogen and oxygen atoms in total. The minimum atomic E-state index is -0.446. The summed E-state index contributed by atoms with van der Waals surface area (Å²) in [6, 6.07) is 10.5. The van der Waals surface area contributed by atoms with E-state index < -0.39 is 5.91 Å². The number of amides is 1. The van der Waals surface area contributed by atoms with Crippen molar-refractivity contribution in [3.05, 3.63) is 64.8 Å². The number of anilines is 3. The van der Waals surface area contributed by atoms with Crippen LogP contribution in [0.2, 0.25) is 0 Å². The number of carbonyl (C=O) groups excluding carboxylic acids is 1. The van der Waals surface area contributed by atoms with Crippen LogP contribution in [-0.4, -0.2) is 57.8 Å². The number of nitrogens with one attached hydrogen (secondary N) is 2. The molecule has 0 aliphatic carbocycles. The molecule has 200 valence electrons. The third-order valence-corrected chi connectivity index (χ3v) is 5.63. The van der Waals surface area contributed by atoms with Crippen LogP contribution >= 0.6 is 0 Å². The maximum absolute atomic E-state index is 12.3.